The van der Waals surface area contributed by atoms with Gasteiger partial charge in [0.2, 0.25) is 12.7 Å². The van der Waals surface area contributed by atoms with E-state index in [0.717, 1.165) is 16.7 Å². The van der Waals surface area contributed by atoms with Gasteiger partial charge in [0.05, 0.1) is 19.3 Å². The van der Waals surface area contributed by atoms with Gasteiger partial charge in [0.25, 0.3) is 5.56 Å². The lowest BCUT2D eigenvalue weighted by Gasteiger charge is -2.07. The number of amides is 1. The van der Waals surface area contributed by atoms with Crippen LogP contribution in [0, 0.1) is 6.92 Å². The fourth-order valence-corrected chi connectivity index (χ4v) is 3.81. The summed E-state index contributed by atoms with van der Waals surface area (Å²) in [7, 11) is 0. The number of carbonyl (C=O) groups is 1. The van der Waals surface area contributed by atoms with Gasteiger partial charge in [-0.1, -0.05) is 35.9 Å². The third kappa shape index (κ3) is 4.54. The van der Waals surface area contributed by atoms with Crippen molar-refractivity contribution in [3.05, 3.63) is 88.1 Å². The first-order chi connectivity index (χ1) is 16.6. The number of rotatable bonds is 7. The lowest BCUT2D eigenvalue weighted by Crippen LogP contribution is -2.26. The van der Waals surface area contributed by atoms with E-state index in [9.17, 15) is 9.59 Å². The zero-order chi connectivity index (χ0) is 23.5. The van der Waals surface area contributed by atoms with Crippen molar-refractivity contribution in [1.29, 1.82) is 0 Å². The molecule has 1 N–H and O–H groups in total. The number of aromatic nitrogens is 4. The number of hydrogen-bond acceptors (Lipinski definition) is 6. The number of nitrogens with zero attached hydrogens (tertiary/aromatic N) is 4. The van der Waals surface area contributed by atoms with Crippen LogP contribution in [0.4, 0.5) is 0 Å². The molecule has 34 heavy (non-hydrogen) atoms. The van der Waals surface area contributed by atoms with E-state index in [1.54, 1.807) is 15.3 Å². The summed E-state index contributed by atoms with van der Waals surface area (Å²) in [6, 6.07) is 13.5. The molecule has 0 radical (unpaired) electrons. The van der Waals surface area contributed by atoms with E-state index in [1.807, 2.05) is 49.4 Å². The van der Waals surface area contributed by atoms with Crippen LogP contribution in [0.1, 0.15) is 16.7 Å². The van der Waals surface area contributed by atoms with Crippen LogP contribution in [-0.4, -0.2) is 38.6 Å². The summed E-state index contributed by atoms with van der Waals surface area (Å²) in [5, 5.41) is 7.55. The smallest absolute Gasteiger partial charge is 0.264 e. The average molecular weight is 457 g/mol. The molecule has 0 aliphatic carbocycles. The fourth-order valence-electron chi connectivity index (χ4n) is 3.81. The number of benzene rings is 2. The molecule has 4 aromatic rings. The molecule has 1 aliphatic heterocycles. The molecule has 1 aliphatic rings. The van der Waals surface area contributed by atoms with Crippen LogP contribution in [0.15, 0.2) is 65.9 Å². The summed E-state index contributed by atoms with van der Waals surface area (Å²) in [5.41, 5.74) is 3.36. The number of aryl methyl sites for hydroxylation is 1. The van der Waals surface area contributed by atoms with Gasteiger partial charge in [-0.25, -0.2) is 9.67 Å². The molecule has 0 saturated carbocycles. The summed E-state index contributed by atoms with van der Waals surface area (Å²) in [6.45, 7) is 3.40. The van der Waals surface area contributed by atoms with Gasteiger partial charge in [-0.2, -0.15) is 5.10 Å². The lowest BCUT2D eigenvalue weighted by atomic mass is 10.1. The van der Waals surface area contributed by atoms with E-state index < -0.39 is 0 Å². The van der Waals surface area contributed by atoms with E-state index in [1.165, 1.54) is 18.6 Å². The predicted octanol–water partition coefficient (Wildman–Crippen LogP) is 2.51. The Balaban J connectivity index is 1.20. The standard InChI is InChI=1S/C25H23N5O4/c1-17-3-2-4-19(11-17)14-29-15-27-24-20(25(29)32)13-28-30(24)10-9-26-23(31)8-6-18-5-7-21-22(12-18)34-16-33-21/h2-8,11-13,15H,9-10,14,16H2,1H3,(H,26,31)/b8-6+. The molecule has 1 amide bonds. The zero-order valence-corrected chi connectivity index (χ0v) is 18.6. The molecule has 9 nitrogen and oxygen atoms in total. The predicted molar refractivity (Wildman–Crippen MR) is 127 cm³/mol. The van der Waals surface area contributed by atoms with Crippen molar-refractivity contribution in [3.63, 3.8) is 0 Å². The molecule has 0 saturated heterocycles. The van der Waals surface area contributed by atoms with Gasteiger partial charge in [-0.3, -0.25) is 14.2 Å². The van der Waals surface area contributed by atoms with Crippen LogP contribution in [0.25, 0.3) is 17.1 Å². The summed E-state index contributed by atoms with van der Waals surface area (Å²) in [4.78, 5) is 29.5. The SMILES string of the molecule is Cc1cccc(Cn2cnc3c(cnn3CCNC(=O)/C=C/c3ccc4c(c3)OCO4)c2=O)c1. The first-order valence-corrected chi connectivity index (χ1v) is 10.9. The van der Waals surface area contributed by atoms with Crippen molar-refractivity contribution in [2.75, 3.05) is 13.3 Å². The fraction of sp³-hybridized carbons (Fsp3) is 0.200. The quantitative estimate of drug-likeness (QED) is 0.428. The third-order valence-corrected chi connectivity index (χ3v) is 5.50. The molecule has 2 aromatic carbocycles. The summed E-state index contributed by atoms with van der Waals surface area (Å²) < 4.78 is 13.8. The van der Waals surface area contributed by atoms with E-state index in [4.69, 9.17) is 9.47 Å². The monoisotopic (exact) mass is 457 g/mol. The van der Waals surface area contributed by atoms with Crippen LogP contribution in [-0.2, 0) is 17.9 Å². The number of nitrogens with one attached hydrogen (secondary N) is 1. The van der Waals surface area contributed by atoms with E-state index in [-0.39, 0.29) is 18.3 Å². The van der Waals surface area contributed by atoms with Gasteiger partial charge >= 0.3 is 0 Å². The maximum atomic E-state index is 12.9. The van der Waals surface area contributed by atoms with Crippen molar-refractivity contribution < 1.29 is 14.3 Å². The van der Waals surface area contributed by atoms with Crippen molar-refractivity contribution in [3.8, 4) is 11.5 Å². The highest BCUT2D eigenvalue weighted by Gasteiger charge is 2.13. The molecule has 2 aromatic heterocycles. The highest BCUT2D eigenvalue weighted by atomic mass is 16.7. The minimum atomic E-state index is -0.234. The first-order valence-electron chi connectivity index (χ1n) is 10.9. The molecule has 0 fully saturated rings. The Bertz CT molecular complexity index is 1450. The van der Waals surface area contributed by atoms with Crippen LogP contribution in [0.5, 0.6) is 11.5 Å². The second-order valence-corrected chi connectivity index (χ2v) is 8.01. The van der Waals surface area contributed by atoms with Gasteiger partial charge in [-0.05, 0) is 36.3 Å². The molecule has 0 bridgehead atoms. The first kappa shape index (κ1) is 21.4. The van der Waals surface area contributed by atoms with E-state index in [0.29, 0.717) is 42.2 Å². The van der Waals surface area contributed by atoms with Crippen LogP contribution < -0.4 is 20.3 Å². The Labute approximate surface area is 195 Å². The molecular formula is C25H23N5O4. The maximum Gasteiger partial charge on any atom is 0.264 e. The van der Waals surface area contributed by atoms with Gasteiger partial charge < -0.3 is 14.8 Å². The molecule has 0 atom stereocenters. The number of fused-ring (bicyclic) bond motifs is 2. The van der Waals surface area contributed by atoms with Gasteiger partial charge in [0, 0.05) is 12.6 Å². The second kappa shape index (κ2) is 9.22. The van der Waals surface area contributed by atoms with Gasteiger partial charge in [0.15, 0.2) is 17.1 Å². The van der Waals surface area contributed by atoms with Crippen molar-refractivity contribution in [2.24, 2.45) is 0 Å². The minimum absolute atomic E-state index is 0.145. The summed E-state index contributed by atoms with van der Waals surface area (Å²) in [5.74, 6) is 1.13. The molecule has 0 unspecified atom stereocenters. The van der Waals surface area contributed by atoms with Crippen molar-refractivity contribution in [2.45, 2.75) is 20.0 Å². The number of ether oxygens (including phenoxy) is 2. The Morgan fingerprint density at radius 2 is 2.06 bits per heavy atom. The normalized spacial score (nSPS) is 12.5. The Hall–Kier alpha value is -4.40. The molecule has 3 heterocycles. The highest BCUT2D eigenvalue weighted by molar-refractivity contribution is 5.91. The Kier molecular flexibility index (Phi) is 5.82. The van der Waals surface area contributed by atoms with Crippen LogP contribution >= 0.6 is 0 Å². The molecule has 0 spiro atoms. The van der Waals surface area contributed by atoms with E-state index in [2.05, 4.69) is 15.4 Å². The van der Waals surface area contributed by atoms with Crippen LogP contribution in [0.3, 0.4) is 0 Å². The maximum absolute atomic E-state index is 12.9. The lowest BCUT2D eigenvalue weighted by molar-refractivity contribution is -0.116. The number of hydrogen-bond donors (Lipinski definition) is 1. The average Bonchev–Trinajstić information content (AvgIpc) is 3.46. The van der Waals surface area contributed by atoms with Crippen molar-refractivity contribution >= 4 is 23.0 Å². The topological polar surface area (TPSA) is 100 Å². The second-order valence-electron chi connectivity index (χ2n) is 8.01. The highest BCUT2D eigenvalue weighted by Crippen LogP contribution is 2.32. The molecular weight excluding hydrogens is 434 g/mol. The third-order valence-electron chi connectivity index (χ3n) is 5.50. The molecule has 9 heteroatoms. The summed E-state index contributed by atoms with van der Waals surface area (Å²) >= 11 is 0. The minimum Gasteiger partial charge on any atom is -0.454 e. The molecule has 172 valence electrons. The number of carbonyl (C=O) groups excluding carboxylic acids is 1. The zero-order valence-electron chi connectivity index (χ0n) is 18.6. The summed E-state index contributed by atoms with van der Waals surface area (Å²) in [6.07, 6.45) is 6.23. The van der Waals surface area contributed by atoms with E-state index >= 15 is 0 Å². The Morgan fingerprint density at radius 3 is 2.94 bits per heavy atom. The van der Waals surface area contributed by atoms with Gasteiger partial charge in [0.1, 0.15) is 11.7 Å². The van der Waals surface area contributed by atoms with Crippen molar-refractivity contribution in [1.82, 2.24) is 24.6 Å². The molecule has 5 rings (SSSR count). The van der Waals surface area contributed by atoms with Gasteiger partial charge in [-0.15, -0.1) is 0 Å². The Morgan fingerprint density at radius 1 is 1.18 bits per heavy atom. The van der Waals surface area contributed by atoms with Crippen LogP contribution in [0.2, 0.25) is 0 Å². The largest absolute Gasteiger partial charge is 0.454 e.